The van der Waals surface area contributed by atoms with Crippen molar-refractivity contribution in [2.75, 3.05) is 0 Å². The van der Waals surface area contributed by atoms with Gasteiger partial charge in [0.2, 0.25) is 6.10 Å². The molecule has 2 nitrogen and oxygen atoms in total. The van der Waals surface area contributed by atoms with Gasteiger partial charge in [-0.3, -0.25) is 0 Å². The van der Waals surface area contributed by atoms with Crippen LogP contribution in [0.25, 0.3) is 0 Å². The lowest BCUT2D eigenvalue weighted by atomic mass is 10.2. The molecule has 0 aromatic heterocycles. The molecule has 0 aliphatic carbocycles. The second-order valence-electron chi connectivity index (χ2n) is 2.97. The van der Waals surface area contributed by atoms with E-state index in [1.54, 1.807) is 6.07 Å². The highest BCUT2D eigenvalue weighted by molar-refractivity contribution is 5.89. The Labute approximate surface area is 90.3 Å². The highest BCUT2D eigenvalue weighted by Gasteiger charge is 2.40. The highest BCUT2D eigenvalue weighted by atomic mass is 19.4. The standard InChI is InChI=1S/C11H9F3O2/c1-2-9(11(12,13)14)16-10(15)8-6-4-3-5-7-8/h2-7,9H,1H2. The van der Waals surface area contributed by atoms with E-state index in [1.807, 2.05) is 0 Å². The second kappa shape index (κ2) is 4.83. The zero-order chi connectivity index (χ0) is 12.2. The molecule has 1 atom stereocenters. The Hall–Kier alpha value is -1.78. The number of ether oxygens (including phenoxy) is 1. The molecule has 0 spiro atoms. The fourth-order valence-corrected chi connectivity index (χ4v) is 1.01. The maximum Gasteiger partial charge on any atom is 0.429 e. The van der Waals surface area contributed by atoms with E-state index in [-0.39, 0.29) is 5.56 Å². The van der Waals surface area contributed by atoms with E-state index in [0.717, 1.165) is 0 Å². The van der Waals surface area contributed by atoms with Crippen molar-refractivity contribution in [3.63, 3.8) is 0 Å². The summed E-state index contributed by atoms with van der Waals surface area (Å²) >= 11 is 0. The third-order valence-electron chi connectivity index (χ3n) is 1.78. The van der Waals surface area contributed by atoms with Gasteiger partial charge in [0.25, 0.3) is 0 Å². The quantitative estimate of drug-likeness (QED) is 0.589. The topological polar surface area (TPSA) is 26.3 Å². The van der Waals surface area contributed by atoms with Crippen LogP contribution < -0.4 is 0 Å². The van der Waals surface area contributed by atoms with Crippen molar-refractivity contribution in [1.29, 1.82) is 0 Å². The van der Waals surface area contributed by atoms with Crippen LogP contribution in [0.1, 0.15) is 10.4 Å². The van der Waals surface area contributed by atoms with Gasteiger partial charge in [0.1, 0.15) is 0 Å². The first-order chi connectivity index (χ1) is 7.45. The van der Waals surface area contributed by atoms with E-state index in [0.29, 0.717) is 6.08 Å². The van der Waals surface area contributed by atoms with Crippen LogP contribution in [0.15, 0.2) is 43.0 Å². The molecule has 5 heteroatoms. The molecule has 0 aliphatic rings. The summed E-state index contributed by atoms with van der Waals surface area (Å²) in [6, 6.07) is 7.46. The number of esters is 1. The van der Waals surface area contributed by atoms with E-state index in [1.165, 1.54) is 24.3 Å². The van der Waals surface area contributed by atoms with Gasteiger partial charge in [0.05, 0.1) is 5.56 Å². The predicted molar refractivity (Wildman–Crippen MR) is 51.9 cm³/mol. The van der Waals surface area contributed by atoms with Gasteiger partial charge >= 0.3 is 12.1 Å². The summed E-state index contributed by atoms with van der Waals surface area (Å²) in [5.74, 6) is -1.03. The fraction of sp³-hybridized carbons (Fsp3) is 0.182. The molecular formula is C11H9F3O2. The number of alkyl halides is 3. The second-order valence-corrected chi connectivity index (χ2v) is 2.97. The van der Waals surface area contributed by atoms with Gasteiger partial charge in [-0.25, -0.2) is 4.79 Å². The van der Waals surface area contributed by atoms with Gasteiger partial charge in [-0.2, -0.15) is 13.2 Å². The van der Waals surface area contributed by atoms with Gasteiger partial charge in [0.15, 0.2) is 0 Å². The highest BCUT2D eigenvalue weighted by Crippen LogP contribution is 2.24. The molecule has 0 saturated carbocycles. The minimum atomic E-state index is -4.63. The van der Waals surface area contributed by atoms with Crippen LogP contribution in [0.5, 0.6) is 0 Å². The van der Waals surface area contributed by atoms with Crippen LogP contribution in [0, 0.1) is 0 Å². The lowest BCUT2D eigenvalue weighted by Gasteiger charge is -2.16. The van der Waals surface area contributed by atoms with E-state index in [2.05, 4.69) is 11.3 Å². The lowest BCUT2D eigenvalue weighted by molar-refractivity contribution is -0.188. The summed E-state index contributed by atoms with van der Waals surface area (Å²) in [6.45, 7) is 2.98. The summed E-state index contributed by atoms with van der Waals surface area (Å²) < 4.78 is 41.0. The van der Waals surface area contributed by atoms with Crippen molar-refractivity contribution < 1.29 is 22.7 Å². The number of benzene rings is 1. The predicted octanol–water partition coefficient (Wildman–Crippen LogP) is 2.96. The van der Waals surface area contributed by atoms with Gasteiger partial charge in [-0.05, 0) is 18.2 Å². The van der Waals surface area contributed by atoms with E-state index in [4.69, 9.17) is 0 Å². The molecule has 0 N–H and O–H groups in total. The first-order valence-electron chi connectivity index (χ1n) is 4.40. The normalized spacial score (nSPS) is 12.9. The molecule has 0 aliphatic heterocycles. The number of rotatable bonds is 3. The molecule has 86 valence electrons. The maximum atomic E-state index is 12.2. The minimum absolute atomic E-state index is 0.0681. The minimum Gasteiger partial charge on any atom is -0.445 e. The third-order valence-corrected chi connectivity index (χ3v) is 1.78. The first-order valence-corrected chi connectivity index (χ1v) is 4.40. The van der Waals surface area contributed by atoms with Crippen molar-refractivity contribution in [3.8, 4) is 0 Å². The Morgan fingerprint density at radius 1 is 1.31 bits per heavy atom. The van der Waals surface area contributed by atoms with Crippen molar-refractivity contribution in [3.05, 3.63) is 48.6 Å². The number of hydrogen-bond acceptors (Lipinski definition) is 2. The third kappa shape index (κ3) is 3.12. The molecule has 1 aromatic carbocycles. The number of carbonyl (C=O) groups is 1. The lowest BCUT2D eigenvalue weighted by Crippen LogP contribution is -2.31. The molecule has 16 heavy (non-hydrogen) atoms. The van der Waals surface area contributed by atoms with E-state index >= 15 is 0 Å². The van der Waals surface area contributed by atoms with Crippen LogP contribution in [0.4, 0.5) is 13.2 Å². The van der Waals surface area contributed by atoms with Crippen LogP contribution in [-0.4, -0.2) is 18.2 Å². The molecule has 1 rings (SSSR count). The Morgan fingerprint density at radius 3 is 2.31 bits per heavy atom. The Morgan fingerprint density at radius 2 is 1.88 bits per heavy atom. The van der Waals surface area contributed by atoms with Crippen LogP contribution >= 0.6 is 0 Å². The Bertz CT molecular complexity index is 371. The van der Waals surface area contributed by atoms with Gasteiger partial charge in [-0.1, -0.05) is 24.8 Å². The number of carbonyl (C=O) groups excluding carboxylic acids is 1. The van der Waals surface area contributed by atoms with Crippen LogP contribution in [-0.2, 0) is 4.74 Å². The summed E-state index contributed by atoms with van der Waals surface area (Å²) in [5, 5.41) is 0. The number of halogens is 3. The van der Waals surface area contributed by atoms with Crippen molar-refractivity contribution in [1.82, 2.24) is 0 Å². The summed E-state index contributed by atoms with van der Waals surface area (Å²) in [6.07, 6.45) is -6.37. The van der Waals surface area contributed by atoms with Crippen LogP contribution in [0.3, 0.4) is 0 Å². The first kappa shape index (κ1) is 12.3. The molecule has 1 aromatic rings. The van der Waals surface area contributed by atoms with Crippen LogP contribution in [0.2, 0.25) is 0 Å². The zero-order valence-corrected chi connectivity index (χ0v) is 8.20. The largest absolute Gasteiger partial charge is 0.445 e. The molecule has 0 bridgehead atoms. The molecule has 0 fully saturated rings. The summed E-state index contributed by atoms with van der Waals surface area (Å²) in [4.78, 5) is 11.3. The van der Waals surface area contributed by atoms with Crippen molar-refractivity contribution >= 4 is 5.97 Å². The molecule has 0 radical (unpaired) electrons. The molecule has 0 saturated heterocycles. The fourth-order valence-electron chi connectivity index (χ4n) is 1.01. The SMILES string of the molecule is C=CC(OC(=O)c1ccccc1)C(F)(F)F. The molecule has 0 amide bonds. The average molecular weight is 230 g/mol. The van der Waals surface area contributed by atoms with Crippen molar-refractivity contribution in [2.45, 2.75) is 12.3 Å². The molecule has 1 unspecified atom stereocenters. The van der Waals surface area contributed by atoms with Gasteiger partial charge in [0, 0.05) is 0 Å². The van der Waals surface area contributed by atoms with E-state index in [9.17, 15) is 18.0 Å². The Kier molecular flexibility index (Phi) is 3.71. The monoisotopic (exact) mass is 230 g/mol. The zero-order valence-electron chi connectivity index (χ0n) is 8.20. The smallest absolute Gasteiger partial charge is 0.429 e. The van der Waals surface area contributed by atoms with Gasteiger partial charge < -0.3 is 4.74 Å². The Balaban J connectivity index is 2.75. The van der Waals surface area contributed by atoms with Gasteiger partial charge in [-0.15, -0.1) is 0 Å². The number of hydrogen-bond donors (Lipinski definition) is 0. The molecule has 0 heterocycles. The van der Waals surface area contributed by atoms with Crippen molar-refractivity contribution in [2.24, 2.45) is 0 Å². The summed E-state index contributed by atoms with van der Waals surface area (Å²) in [5.41, 5.74) is 0.0681. The average Bonchev–Trinajstić information content (AvgIpc) is 2.25. The summed E-state index contributed by atoms with van der Waals surface area (Å²) in [7, 11) is 0. The van der Waals surface area contributed by atoms with E-state index < -0.39 is 18.2 Å². The maximum absolute atomic E-state index is 12.2. The molecular weight excluding hydrogens is 221 g/mol.